The van der Waals surface area contributed by atoms with E-state index in [1.165, 1.54) is 23.6 Å². The lowest BCUT2D eigenvalue weighted by molar-refractivity contribution is -0.385. The first-order chi connectivity index (χ1) is 11.6. The first-order valence-corrected chi connectivity index (χ1v) is 8.01. The van der Waals surface area contributed by atoms with Crippen LogP contribution in [0.15, 0.2) is 53.6 Å². The number of nitrogens with zero attached hydrogens (tertiary/aromatic N) is 2. The van der Waals surface area contributed by atoms with Crippen molar-refractivity contribution in [1.82, 2.24) is 5.43 Å². The van der Waals surface area contributed by atoms with Gasteiger partial charge in [0.1, 0.15) is 4.88 Å². The molecule has 1 heterocycles. The van der Waals surface area contributed by atoms with Gasteiger partial charge in [0, 0.05) is 16.2 Å². The number of para-hydroxylation sites is 1. The molecule has 0 radical (unpaired) electrons. The number of benzene rings is 2. The zero-order chi connectivity index (χ0) is 17.1. The van der Waals surface area contributed by atoms with Crippen molar-refractivity contribution in [2.45, 2.75) is 0 Å². The van der Waals surface area contributed by atoms with E-state index in [1.54, 1.807) is 18.2 Å². The molecule has 1 aromatic heterocycles. The highest BCUT2D eigenvalue weighted by atomic mass is 35.5. The van der Waals surface area contributed by atoms with Gasteiger partial charge in [0.05, 0.1) is 21.7 Å². The Labute approximate surface area is 145 Å². The van der Waals surface area contributed by atoms with Crippen molar-refractivity contribution in [2.24, 2.45) is 5.10 Å². The van der Waals surface area contributed by atoms with Crippen LogP contribution in [-0.2, 0) is 0 Å². The second-order valence-corrected chi connectivity index (χ2v) is 6.19. The monoisotopic (exact) mass is 359 g/mol. The third-order valence-corrected chi connectivity index (χ3v) is 4.92. The summed E-state index contributed by atoms with van der Waals surface area (Å²) in [5, 5.41) is 15.9. The summed E-state index contributed by atoms with van der Waals surface area (Å²) in [6.45, 7) is 0. The molecule has 0 unspecified atom stereocenters. The molecule has 0 aliphatic rings. The Balaban J connectivity index is 1.80. The molecule has 2 aromatic carbocycles. The molecule has 0 bridgehead atoms. The third kappa shape index (κ3) is 3.12. The van der Waals surface area contributed by atoms with Crippen molar-refractivity contribution in [3.05, 3.63) is 74.1 Å². The molecule has 6 nitrogen and oxygen atoms in total. The SMILES string of the molecule is O=C(N/N=C\c1ccccc1[N+](=O)[O-])c1sc2ccccc2c1Cl. The summed E-state index contributed by atoms with van der Waals surface area (Å²) in [5.74, 6) is -0.462. The summed E-state index contributed by atoms with van der Waals surface area (Å²) in [6.07, 6.45) is 1.23. The number of thiophene rings is 1. The zero-order valence-corrected chi connectivity index (χ0v) is 13.7. The maximum Gasteiger partial charge on any atom is 0.283 e. The van der Waals surface area contributed by atoms with Crippen molar-refractivity contribution in [3.8, 4) is 0 Å². The van der Waals surface area contributed by atoms with Gasteiger partial charge >= 0.3 is 0 Å². The van der Waals surface area contributed by atoms with Crippen molar-refractivity contribution in [2.75, 3.05) is 0 Å². The smallest absolute Gasteiger partial charge is 0.266 e. The minimum Gasteiger partial charge on any atom is -0.266 e. The quantitative estimate of drug-likeness (QED) is 0.430. The van der Waals surface area contributed by atoms with Crippen LogP contribution in [0.2, 0.25) is 5.02 Å². The number of rotatable bonds is 4. The van der Waals surface area contributed by atoms with E-state index in [-0.39, 0.29) is 5.69 Å². The van der Waals surface area contributed by atoms with E-state index in [0.29, 0.717) is 15.5 Å². The Morgan fingerprint density at radius 2 is 1.92 bits per heavy atom. The molecule has 8 heteroatoms. The molecule has 0 aliphatic heterocycles. The molecule has 0 saturated carbocycles. The van der Waals surface area contributed by atoms with Gasteiger partial charge in [-0.15, -0.1) is 11.3 Å². The van der Waals surface area contributed by atoms with Crippen LogP contribution in [-0.4, -0.2) is 17.0 Å². The number of hydrogen-bond donors (Lipinski definition) is 1. The molecule has 24 heavy (non-hydrogen) atoms. The number of hydrazone groups is 1. The maximum atomic E-state index is 12.2. The summed E-state index contributed by atoms with van der Waals surface area (Å²) >= 11 is 7.48. The number of carbonyl (C=O) groups excluding carboxylic acids is 1. The fourth-order valence-electron chi connectivity index (χ4n) is 2.13. The Morgan fingerprint density at radius 1 is 1.21 bits per heavy atom. The molecular weight excluding hydrogens is 350 g/mol. The lowest BCUT2D eigenvalue weighted by atomic mass is 10.2. The lowest BCUT2D eigenvalue weighted by Gasteiger charge is -1.98. The number of hydrogen-bond acceptors (Lipinski definition) is 5. The fraction of sp³-hybridized carbons (Fsp3) is 0. The van der Waals surface area contributed by atoms with Crippen molar-refractivity contribution >= 4 is 50.8 Å². The van der Waals surface area contributed by atoms with E-state index in [4.69, 9.17) is 11.6 Å². The van der Waals surface area contributed by atoms with Crippen LogP contribution in [0, 0.1) is 10.1 Å². The number of halogens is 1. The number of fused-ring (bicyclic) bond motifs is 1. The lowest BCUT2D eigenvalue weighted by Crippen LogP contribution is -2.16. The molecule has 0 spiro atoms. The highest BCUT2D eigenvalue weighted by Gasteiger charge is 2.16. The Hall–Kier alpha value is -2.77. The Bertz CT molecular complexity index is 968. The maximum absolute atomic E-state index is 12.2. The van der Waals surface area contributed by atoms with Crippen molar-refractivity contribution in [3.63, 3.8) is 0 Å². The van der Waals surface area contributed by atoms with Gasteiger partial charge in [-0.05, 0) is 12.1 Å². The molecule has 120 valence electrons. The fourth-order valence-corrected chi connectivity index (χ4v) is 3.54. The standard InChI is InChI=1S/C16H10ClN3O3S/c17-14-11-6-2-4-8-13(11)24-15(14)16(21)19-18-9-10-5-1-3-7-12(10)20(22)23/h1-9H,(H,19,21)/b18-9-. The third-order valence-electron chi connectivity index (χ3n) is 3.24. The summed E-state index contributed by atoms with van der Waals surface area (Å²) in [7, 11) is 0. The molecule has 1 N–H and O–H groups in total. The van der Waals surface area contributed by atoms with Gasteiger partial charge in [-0.25, -0.2) is 5.43 Å². The predicted molar refractivity (Wildman–Crippen MR) is 95.0 cm³/mol. The molecule has 0 saturated heterocycles. The largest absolute Gasteiger partial charge is 0.283 e. The van der Waals surface area contributed by atoms with Crippen LogP contribution in [0.5, 0.6) is 0 Å². The summed E-state index contributed by atoms with van der Waals surface area (Å²) in [6, 6.07) is 13.5. The van der Waals surface area contributed by atoms with Gasteiger partial charge in [0.25, 0.3) is 11.6 Å². The van der Waals surface area contributed by atoms with Crippen LogP contribution in [0.25, 0.3) is 10.1 Å². The summed E-state index contributed by atoms with van der Waals surface area (Å²) < 4.78 is 0.898. The van der Waals surface area contributed by atoms with E-state index in [0.717, 1.165) is 10.1 Å². The van der Waals surface area contributed by atoms with Gasteiger partial charge in [-0.1, -0.05) is 41.9 Å². The Morgan fingerprint density at radius 3 is 2.67 bits per heavy atom. The molecule has 1 amide bonds. The van der Waals surface area contributed by atoms with Crippen molar-refractivity contribution < 1.29 is 9.72 Å². The number of nitro benzene ring substituents is 1. The van der Waals surface area contributed by atoms with Gasteiger partial charge in [0.2, 0.25) is 0 Å². The van der Waals surface area contributed by atoms with Crippen molar-refractivity contribution in [1.29, 1.82) is 0 Å². The van der Waals surface area contributed by atoms with Crippen LogP contribution in [0.4, 0.5) is 5.69 Å². The van der Waals surface area contributed by atoms with Crippen LogP contribution in [0.1, 0.15) is 15.2 Å². The van der Waals surface area contributed by atoms with Crippen LogP contribution < -0.4 is 5.43 Å². The highest BCUT2D eigenvalue weighted by Crippen LogP contribution is 2.34. The second kappa shape index (κ2) is 6.77. The molecule has 3 aromatic rings. The first-order valence-electron chi connectivity index (χ1n) is 6.82. The average Bonchev–Trinajstić information content (AvgIpc) is 2.92. The summed E-state index contributed by atoms with van der Waals surface area (Å²) in [5.41, 5.74) is 2.56. The molecule has 3 rings (SSSR count). The van der Waals surface area contributed by atoms with Gasteiger partial charge in [0.15, 0.2) is 0 Å². The molecule has 0 aliphatic carbocycles. The molecule has 0 fully saturated rings. The normalized spacial score (nSPS) is 11.0. The van der Waals surface area contributed by atoms with E-state index < -0.39 is 10.8 Å². The Kier molecular flexibility index (Phi) is 4.54. The van der Waals surface area contributed by atoms with Gasteiger partial charge in [-0.2, -0.15) is 5.10 Å². The molecule has 0 atom stereocenters. The van der Waals surface area contributed by atoms with E-state index in [9.17, 15) is 14.9 Å². The molecular formula is C16H10ClN3O3S. The predicted octanol–water partition coefficient (Wildman–Crippen LogP) is 4.23. The van der Waals surface area contributed by atoms with Gasteiger partial charge < -0.3 is 0 Å². The number of amides is 1. The van der Waals surface area contributed by atoms with Crippen LogP contribution >= 0.6 is 22.9 Å². The summed E-state index contributed by atoms with van der Waals surface area (Å²) in [4.78, 5) is 23.0. The van der Waals surface area contributed by atoms with E-state index >= 15 is 0 Å². The topological polar surface area (TPSA) is 84.6 Å². The highest BCUT2D eigenvalue weighted by molar-refractivity contribution is 7.21. The second-order valence-electron chi connectivity index (χ2n) is 4.76. The van der Waals surface area contributed by atoms with Gasteiger partial charge in [-0.3, -0.25) is 14.9 Å². The van der Waals surface area contributed by atoms with E-state index in [2.05, 4.69) is 10.5 Å². The minimum absolute atomic E-state index is 0.0876. The zero-order valence-electron chi connectivity index (χ0n) is 12.1. The van der Waals surface area contributed by atoms with Crippen LogP contribution in [0.3, 0.4) is 0 Å². The minimum atomic E-state index is -0.508. The number of carbonyl (C=O) groups is 1. The number of nitrogens with one attached hydrogen (secondary N) is 1. The average molecular weight is 360 g/mol. The van der Waals surface area contributed by atoms with E-state index in [1.807, 2.05) is 24.3 Å². The first kappa shape index (κ1) is 16.1. The number of nitro groups is 1.